The van der Waals surface area contributed by atoms with Crippen LogP contribution in [0.25, 0.3) is 11.4 Å². The van der Waals surface area contributed by atoms with Crippen LogP contribution in [0.4, 0.5) is 13.2 Å². The Morgan fingerprint density at radius 1 is 1.07 bits per heavy atom. The molecule has 3 rings (SSSR count). The smallest absolute Gasteiger partial charge is 0.329 e. The number of nitrogens with zero attached hydrogens (tertiary/aromatic N) is 2. The molecule has 0 amide bonds. The first-order valence-corrected chi connectivity index (χ1v) is 9.11. The molecular formula is C17H9Cl2F3N2O2S. The van der Waals surface area contributed by atoms with Gasteiger partial charge in [0.25, 0.3) is 0 Å². The van der Waals surface area contributed by atoms with E-state index in [0.29, 0.717) is 26.1 Å². The van der Waals surface area contributed by atoms with Gasteiger partial charge in [-0.3, -0.25) is 4.79 Å². The molecule has 0 aliphatic heterocycles. The van der Waals surface area contributed by atoms with E-state index in [-0.39, 0.29) is 17.4 Å². The molecule has 0 aliphatic rings. The van der Waals surface area contributed by atoms with E-state index in [1.54, 1.807) is 18.2 Å². The summed E-state index contributed by atoms with van der Waals surface area (Å²) in [7, 11) is 0. The number of carbonyl (C=O) groups is 1. The van der Waals surface area contributed by atoms with Crippen molar-refractivity contribution in [2.75, 3.05) is 5.75 Å². The highest BCUT2D eigenvalue weighted by atomic mass is 35.5. The first-order valence-electron chi connectivity index (χ1n) is 7.37. The van der Waals surface area contributed by atoms with E-state index in [0.717, 1.165) is 0 Å². The number of ketones is 1. The van der Waals surface area contributed by atoms with Gasteiger partial charge in [0.15, 0.2) is 5.78 Å². The lowest BCUT2D eigenvalue weighted by atomic mass is 10.1. The summed E-state index contributed by atoms with van der Waals surface area (Å²) < 4.78 is 41.7. The van der Waals surface area contributed by atoms with Gasteiger partial charge < -0.3 is 4.52 Å². The molecule has 0 atom stereocenters. The maximum absolute atomic E-state index is 12.5. The van der Waals surface area contributed by atoms with Gasteiger partial charge in [-0.1, -0.05) is 58.7 Å². The first-order chi connectivity index (χ1) is 12.8. The Balaban J connectivity index is 1.70. The van der Waals surface area contributed by atoms with E-state index in [4.69, 9.17) is 23.2 Å². The van der Waals surface area contributed by atoms with Gasteiger partial charge >= 0.3 is 12.1 Å². The molecule has 3 aromatic rings. The molecule has 2 aromatic carbocycles. The van der Waals surface area contributed by atoms with Crippen LogP contribution in [0.1, 0.15) is 16.2 Å². The SMILES string of the molecule is O=C(CSc1c(Cl)cccc1Cl)c1ccc(-c2noc(C(F)(F)F)n2)cc1. The van der Waals surface area contributed by atoms with Crippen LogP contribution in [0.3, 0.4) is 0 Å². The quantitative estimate of drug-likeness (QED) is 0.363. The monoisotopic (exact) mass is 432 g/mol. The molecule has 0 aliphatic carbocycles. The van der Waals surface area contributed by atoms with Crippen molar-refractivity contribution < 1.29 is 22.5 Å². The van der Waals surface area contributed by atoms with E-state index in [2.05, 4.69) is 14.7 Å². The van der Waals surface area contributed by atoms with E-state index in [9.17, 15) is 18.0 Å². The van der Waals surface area contributed by atoms with Crippen molar-refractivity contribution >= 4 is 40.7 Å². The summed E-state index contributed by atoms with van der Waals surface area (Å²) in [6.07, 6.45) is -4.71. The van der Waals surface area contributed by atoms with Crippen LogP contribution >= 0.6 is 35.0 Å². The highest BCUT2D eigenvalue weighted by molar-refractivity contribution is 8.00. The van der Waals surface area contributed by atoms with Gasteiger partial charge in [-0.25, -0.2) is 0 Å². The van der Waals surface area contributed by atoms with Gasteiger partial charge in [0, 0.05) is 16.0 Å². The van der Waals surface area contributed by atoms with E-state index in [1.807, 2.05) is 0 Å². The average molecular weight is 433 g/mol. The molecule has 0 saturated heterocycles. The number of carbonyl (C=O) groups excluding carboxylic acids is 1. The number of benzene rings is 2. The zero-order chi connectivity index (χ0) is 19.6. The molecule has 0 spiro atoms. The fourth-order valence-electron chi connectivity index (χ4n) is 2.10. The Kier molecular flexibility index (Phi) is 5.78. The van der Waals surface area contributed by atoms with Crippen LogP contribution in [0.2, 0.25) is 10.0 Å². The molecule has 1 heterocycles. The van der Waals surface area contributed by atoms with Crippen molar-refractivity contribution in [1.29, 1.82) is 0 Å². The molecule has 27 heavy (non-hydrogen) atoms. The second kappa shape index (κ2) is 7.92. The maximum atomic E-state index is 12.5. The van der Waals surface area contributed by atoms with E-state index >= 15 is 0 Å². The summed E-state index contributed by atoms with van der Waals surface area (Å²) in [6.45, 7) is 0. The largest absolute Gasteiger partial charge is 0.471 e. The normalized spacial score (nSPS) is 11.6. The van der Waals surface area contributed by atoms with Crippen LogP contribution in [0.15, 0.2) is 51.9 Å². The zero-order valence-electron chi connectivity index (χ0n) is 13.3. The molecule has 140 valence electrons. The molecule has 0 saturated carbocycles. The van der Waals surface area contributed by atoms with Gasteiger partial charge in [-0.2, -0.15) is 18.2 Å². The Hall–Kier alpha value is -2.03. The Morgan fingerprint density at radius 2 is 1.70 bits per heavy atom. The third-order valence-corrected chi connectivity index (χ3v) is 5.39. The molecule has 4 nitrogen and oxygen atoms in total. The molecule has 0 fully saturated rings. The number of hydrogen-bond donors (Lipinski definition) is 0. The summed E-state index contributed by atoms with van der Waals surface area (Å²) in [5.41, 5.74) is 0.682. The number of rotatable bonds is 5. The number of halogens is 5. The number of alkyl halides is 3. The van der Waals surface area contributed by atoms with Gasteiger partial charge in [-0.15, -0.1) is 11.8 Å². The minimum atomic E-state index is -4.71. The maximum Gasteiger partial charge on any atom is 0.471 e. The number of aromatic nitrogens is 2. The molecule has 0 unspecified atom stereocenters. The van der Waals surface area contributed by atoms with Gasteiger partial charge in [0.05, 0.1) is 15.8 Å². The lowest BCUT2D eigenvalue weighted by Gasteiger charge is -2.06. The van der Waals surface area contributed by atoms with E-state index < -0.39 is 12.1 Å². The fraction of sp³-hybridized carbons (Fsp3) is 0.118. The first kappa shape index (κ1) is 19.7. The summed E-state index contributed by atoms with van der Waals surface area (Å²) >= 11 is 13.3. The predicted molar refractivity (Wildman–Crippen MR) is 96.3 cm³/mol. The Labute approximate surface area is 165 Å². The van der Waals surface area contributed by atoms with Crippen molar-refractivity contribution in [2.45, 2.75) is 11.1 Å². The second-order valence-electron chi connectivity index (χ2n) is 5.26. The molecular weight excluding hydrogens is 424 g/mol. The lowest BCUT2D eigenvalue weighted by molar-refractivity contribution is -0.159. The van der Waals surface area contributed by atoms with Crippen LogP contribution in [0.5, 0.6) is 0 Å². The average Bonchev–Trinajstić information content (AvgIpc) is 3.12. The van der Waals surface area contributed by atoms with Crippen molar-refractivity contribution in [2.24, 2.45) is 0 Å². The molecule has 10 heteroatoms. The lowest BCUT2D eigenvalue weighted by Crippen LogP contribution is -2.05. The van der Waals surface area contributed by atoms with Crippen molar-refractivity contribution in [3.05, 3.63) is 64.0 Å². The number of Topliss-reactive ketones (excluding diaryl/α,β-unsaturated/α-hetero) is 1. The fourth-order valence-corrected chi connectivity index (χ4v) is 3.68. The third-order valence-electron chi connectivity index (χ3n) is 3.40. The van der Waals surface area contributed by atoms with Crippen molar-refractivity contribution in [3.8, 4) is 11.4 Å². The van der Waals surface area contributed by atoms with E-state index in [1.165, 1.54) is 36.0 Å². The third kappa shape index (κ3) is 4.63. The van der Waals surface area contributed by atoms with Gasteiger partial charge in [0.2, 0.25) is 5.82 Å². The Bertz CT molecular complexity index is 955. The molecule has 0 bridgehead atoms. The van der Waals surface area contributed by atoms with Crippen LogP contribution in [-0.4, -0.2) is 21.7 Å². The number of hydrogen-bond acceptors (Lipinski definition) is 5. The van der Waals surface area contributed by atoms with Gasteiger partial charge in [0.1, 0.15) is 0 Å². The summed E-state index contributed by atoms with van der Waals surface area (Å²) in [5.74, 6) is -1.72. The van der Waals surface area contributed by atoms with Crippen molar-refractivity contribution in [1.82, 2.24) is 10.1 Å². The van der Waals surface area contributed by atoms with Crippen LogP contribution in [-0.2, 0) is 6.18 Å². The standard InChI is InChI=1S/C17H9Cl2F3N2O2S/c18-11-2-1-3-12(19)14(11)27-8-13(25)9-4-6-10(7-5-9)15-23-16(26-24-15)17(20,21)22/h1-7H,8H2. The topological polar surface area (TPSA) is 56.0 Å². The highest BCUT2D eigenvalue weighted by Crippen LogP contribution is 2.34. The summed E-state index contributed by atoms with van der Waals surface area (Å²) in [4.78, 5) is 16.2. The minimum absolute atomic E-state index is 0.100. The van der Waals surface area contributed by atoms with Crippen molar-refractivity contribution in [3.63, 3.8) is 0 Å². The zero-order valence-corrected chi connectivity index (χ0v) is 15.6. The summed E-state index contributed by atoms with van der Waals surface area (Å²) in [5, 5.41) is 4.20. The number of thioether (sulfide) groups is 1. The van der Waals surface area contributed by atoms with Crippen LogP contribution in [0, 0.1) is 0 Å². The minimum Gasteiger partial charge on any atom is -0.329 e. The molecule has 0 N–H and O–H groups in total. The predicted octanol–water partition coefficient (Wildman–Crippen LogP) is 6.04. The van der Waals surface area contributed by atoms with Gasteiger partial charge in [-0.05, 0) is 12.1 Å². The highest BCUT2D eigenvalue weighted by Gasteiger charge is 2.38. The molecule has 1 aromatic heterocycles. The summed E-state index contributed by atoms with van der Waals surface area (Å²) in [6, 6.07) is 10.9. The van der Waals surface area contributed by atoms with Crippen LogP contribution < -0.4 is 0 Å². The Morgan fingerprint density at radius 3 is 2.26 bits per heavy atom. The second-order valence-corrected chi connectivity index (χ2v) is 7.06. The molecule has 0 radical (unpaired) electrons.